The lowest BCUT2D eigenvalue weighted by Crippen LogP contribution is -2.02. The maximum Gasteiger partial charge on any atom is 0.341 e. The molecule has 0 aromatic carbocycles. The molecule has 1 heterocycles. The second-order valence-corrected chi connectivity index (χ2v) is 2.09. The van der Waals surface area contributed by atoms with Crippen LogP contribution in [0.15, 0.2) is 16.7 Å². The van der Waals surface area contributed by atoms with E-state index in [0.717, 1.165) is 6.26 Å². The van der Waals surface area contributed by atoms with E-state index in [0.29, 0.717) is 0 Å². The van der Waals surface area contributed by atoms with Gasteiger partial charge < -0.3 is 13.9 Å². The van der Waals surface area contributed by atoms with Crippen molar-refractivity contribution in [3.8, 4) is 5.95 Å². The predicted molar refractivity (Wildman–Crippen MR) is 41.4 cm³/mol. The predicted octanol–water partition coefficient (Wildman–Crippen LogP) is 0.991. The topological polar surface area (TPSA) is 65.7 Å². The maximum atomic E-state index is 11.0. The first-order valence-corrected chi connectivity index (χ1v) is 3.64. The van der Waals surface area contributed by atoms with Crippen LogP contribution >= 0.6 is 0 Å². The molecule has 0 aliphatic heterocycles. The van der Waals surface area contributed by atoms with E-state index in [1.165, 1.54) is 6.07 Å². The lowest BCUT2D eigenvalue weighted by Gasteiger charge is -1.95. The third kappa shape index (κ3) is 2.33. The molecule has 5 heteroatoms. The molecule has 0 unspecified atom stereocenters. The number of esters is 1. The molecule has 1 aromatic heterocycles. The Balaban J connectivity index is 2.67. The van der Waals surface area contributed by atoms with Crippen LogP contribution in [0.3, 0.4) is 0 Å². The van der Waals surface area contributed by atoms with Crippen LogP contribution in [0.4, 0.5) is 0 Å². The number of furan rings is 1. The van der Waals surface area contributed by atoms with Crippen molar-refractivity contribution in [2.75, 3.05) is 6.61 Å². The van der Waals surface area contributed by atoms with Crippen molar-refractivity contribution in [2.24, 2.45) is 0 Å². The van der Waals surface area contributed by atoms with Gasteiger partial charge in [-0.05, 0) is 6.92 Å². The van der Waals surface area contributed by atoms with Crippen molar-refractivity contribution >= 4 is 12.4 Å². The van der Waals surface area contributed by atoms with Gasteiger partial charge in [-0.15, -0.1) is 0 Å². The maximum absolute atomic E-state index is 11.0. The minimum Gasteiger partial charge on any atom is -0.462 e. The molecular weight excluding hydrogens is 176 g/mol. The minimum atomic E-state index is -0.507. The first-order valence-electron chi connectivity index (χ1n) is 3.64. The fourth-order valence-corrected chi connectivity index (χ4v) is 0.747. The van der Waals surface area contributed by atoms with Crippen LogP contribution in [0.2, 0.25) is 0 Å². The number of ether oxygens (including phenoxy) is 2. The molecule has 0 radical (unpaired) electrons. The molecule has 0 fully saturated rings. The fourth-order valence-electron chi connectivity index (χ4n) is 0.747. The molecule has 0 saturated heterocycles. The highest BCUT2D eigenvalue weighted by Gasteiger charge is 2.11. The molecule has 5 nitrogen and oxygen atoms in total. The van der Waals surface area contributed by atoms with Gasteiger partial charge in [0, 0.05) is 6.07 Å². The molecule has 0 spiro atoms. The van der Waals surface area contributed by atoms with E-state index < -0.39 is 5.97 Å². The summed E-state index contributed by atoms with van der Waals surface area (Å²) in [7, 11) is 0. The van der Waals surface area contributed by atoms with E-state index in [1.54, 1.807) is 6.92 Å². The number of rotatable bonds is 4. The van der Waals surface area contributed by atoms with Gasteiger partial charge in [0.2, 0.25) is 0 Å². The van der Waals surface area contributed by atoms with E-state index in [2.05, 4.69) is 9.47 Å². The van der Waals surface area contributed by atoms with E-state index in [-0.39, 0.29) is 24.6 Å². The van der Waals surface area contributed by atoms with Crippen LogP contribution in [0.1, 0.15) is 17.3 Å². The van der Waals surface area contributed by atoms with Crippen molar-refractivity contribution in [3.05, 3.63) is 17.9 Å². The van der Waals surface area contributed by atoms with Gasteiger partial charge in [0.1, 0.15) is 11.8 Å². The number of carbonyl (C=O) groups excluding carboxylic acids is 2. The molecular formula is C8H8O5. The second-order valence-electron chi connectivity index (χ2n) is 2.09. The Kier molecular flexibility index (Phi) is 3.08. The summed E-state index contributed by atoms with van der Waals surface area (Å²) in [6.45, 7) is 2.20. The molecule has 70 valence electrons. The largest absolute Gasteiger partial charge is 0.462 e. The monoisotopic (exact) mass is 184 g/mol. The van der Waals surface area contributed by atoms with E-state index >= 15 is 0 Å². The van der Waals surface area contributed by atoms with Gasteiger partial charge in [-0.1, -0.05) is 0 Å². The van der Waals surface area contributed by atoms with Gasteiger partial charge in [-0.25, -0.2) is 4.79 Å². The zero-order valence-corrected chi connectivity index (χ0v) is 6.98. The Labute approximate surface area is 74.2 Å². The number of hydrogen-bond donors (Lipinski definition) is 0. The summed E-state index contributed by atoms with van der Waals surface area (Å²) >= 11 is 0. The van der Waals surface area contributed by atoms with Crippen molar-refractivity contribution in [1.29, 1.82) is 0 Å². The quantitative estimate of drug-likeness (QED) is 0.515. The third-order valence-corrected chi connectivity index (χ3v) is 1.25. The van der Waals surface area contributed by atoms with Gasteiger partial charge in [0.25, 0.3) is 5.95 Å². The minimum absolute atomic E-state index is 0.0296. The molecule has 13 heavy (non-hydrogen) atoms. The highest BCUT2D eigenvalue weighted by molar-refractivity contribution is 5.89. The summed E-state index contributed by atoms with van der Waals surface area (Å²) in [5.74, 6) is -0.537. The van der Waals surface area contributed by atoms with Crippen LogP contribution in [-0.4, -0.2) is 19.0 Å². The Bertz CT molecular complexity index is 301. The van der Waals surface area contributed by atoms with E-state index in [1.807, 2.05) is 0 Å². The summed E-state index contributed by atoms with van der Waals surface area (Å²) in [6.07, 6.45) is 1.16. The molecule has 0 amide bonds. The normalized spacial score (nSPS) is 9.31. The first kappa shape index (κ1) is 9.31. The number of hydrogen-bond acceptors (Lipinski definition) is 5. The third-order valence-electron chi connectivity index (χ3n) is 1.25. The summed E-state index contributed by atoms with van der Waals surface area (Å²) in [5.41, 5.74) is 0.221. The van der Waals surface area contributed by atoms with Gasteiger partial charge >= 0.3 is 12.4 Å². The van der Waals surface area contributed by atoms with Gasteiger partial charge in [-0.3, -0.25) is 4.79 Å². The van der Waals surface area contributed by atoms with Crippen LogP contribution in [0.5, 0.6) is 5.95 Å². The lowest BCUT2D eigenvalue weighted by molar-refractivity contribution is -0.121. The number of carbonyl (C=O) groups is 2. The van der Waals surface area contributed by atoms with E-state index in [4.69, 9.17) is 4.42 Å². The molecule has 0 aliphatic rings. The summed E-state index contributed by atoms with van der Waals surface area (Å²) in [5, 5.41) is 0. The van der Waals surface area contributed by atoms with Crippen molar-refractivity contribution in [1.82, 2.24) is 0 Å². The van der Waals surface area contributed by atoms with Gasteiger partial charge in [0.05, 0.1) is 6.61 Å². The fraction of sp³-hybridized carbons (Fsp3) is 0.250. The highest BCUT2D eigenvalue weighted by atomic mass is 16.6. The van der Waals surface area contributed by atoms with Crippen LogP contribution in [0.25, 0.3) is 0 Å². The smallest absolute Gasteiger partial charge is 0.341 e. The molecule has 0 aliphatic carbocycles. The molecule has 1 rings (SSSR count). The molecule has 1 aromatic rings. The molecule has 0 saturated carbocycles. The SMILES string of the molecule is CCOC(=O)c1coc(OC=O)c1. The van der Waals surface area contributed by atoms with Crippen LogP contribution in [0, 0.1) is 0 Å². The standard InChI is InChI=1S/C8H8O5/c1-2-11-8(10)6-3-7(12-4-6)13-5-9/h3-5H,2H2,1H3. The Morgan fingerprint density at radius 3 is 3.08 bits per heavy atom. The van der Waals surface area contributed by atoms with Gasteiger partial charge in [0.15, 0.2) is 0 Å². The van der Waals surface area contributed by atoms with Crippen molar-refractivity contribution < 1.29 is 23.5 Å². The molecule has 0 N–H and O–H groups in total. The Hall–Kier alpha value is -1.78. The van der Waals surface area contributed by atoms with Crippen LogP contribution in [-0.2, 0) is 9.53 Å². The Morgan fingerprint density at radius 2 is 2.46 bits per heavy atom. The van der Waals surface area contributed by atoms with Crippen LogP contribution < -0.4 is 4.74 Å². The molecule has 0 atom stereocenters. The zero-order valence-electron chi connectivity index (χ0n) is 6.98. The Morgan fingerprint density at radius 1 is 1.69 bits per heavy atom. The summed E-state index contributed by atoms with van der Waals surface area (Å²) in [6, 6.07) is 1.28. The summed E-state index contributed by atoms with van der Waals surface area (Å²) < 4.78 is 13.8. The average molecular weight is 184 g/mol. The lowest BCUT2D eigenvalue weighted by atomic mass is 10.3. The van der Waals surface area contributed by atoms with Crippen molar-refractivity contribution in [2.45, 2.75) is 6.92 Å². The average Bonchev–Trinajstić information content (AvgIpc) is 2.54. The van der Waals surface area contributed by atoms with Gasteiger partial charge in [-0.2, -0.15) is 0 Å². The zero-order chi connectivity index (χ0) is 9.68. The van der Waals surface area contributed by atoms with Crippen molar-refractivity contribution in [3.63, 3.8) is 0 Å². The second kappa shape index (κ2) is 4.30. The summed E-state index contributed by atoms with van der Waals surface area (Å²) in [4.78, 5) is 20.9. The molecule has 0 bridgehead atoms. The van der Waals surface area contributed by atoms with E-state index in [9.17, 15) is 9.59 Å². The highest BCUT2D eigenvalue weighted by Crippen LogP contribution is 2.15. The first-order chi connectivity index (χ1) is 6.27.